The Kier molecular flexibility index (Phi) is 5.07. The number of hydrogen-bond acceptors (Lipinski definition) is 3. The summed E-state index contributed by atoms with van der Waals surface area (Å²) in [7, 11) is 2.07. The number of thioether (sulfide) groups is 1. The Morgan fingerprint density at radius 2 is 2.32 bits per heavy atom. The molecule has 1 heterocycles. The summed E-state index contributed by atoms with van der Waals surface area (Å²) < 4.78 is 0.911. The zero-order valence-corrected chi connectivity index (χ0v) is 13.1. The van der Waals surface area contributed by atoms with Crippen LogP contribution in [0.3, 0.4) is 0 Å². The highest BCUT2D eigenvalue weighted by molar-refractivity contribution is 9.10. The molecule has 1 aromatic carbocycles. The van der Waals surface area contributed by atoms with Crippen molar-refractivity contribution < 1.29 is 9.90 Å². The third kappa shape index (κ3) is 4.09. The first-order valence-electron chi connectivity index (χ1n) is 6.09. The normalized spacial score (nSPS) is 17.9. The lowest BCUT2D eigenvalue weighted by Gasteiger charge is -2.23. The van der Waals surface area contributed by atoms with E-state index in [1.54, 1.807) is 0 Å². The average molecular weight is 342 g/mol. The van der Waals surface area contributed by atoms with E-state index in [-0.39, 0.29) is 0 Å². The highest BCUT2D eigenvalue weighted by atomic mass is 79.9. The molecule has 1 aromatic rings. The van der Waals surface area contributed by atoms with Gasteiger partial charge < -0.3 is 10.0 Å². The van der Waals surface area contributed by atoms with E-state index in [0.717, 1.165) is 29.5 Å². The number of carboxylic acids is 1. The van der Waals surface area contributed by atoms with Crippen molar-refractivity contribution in [2.24, 2.45) is 0 Å². The molecule has 5 heteroatoms. The fourth-order valence-electron chi connectivity index (χ4n) is 1.94. The molecule has 0 saturated carbocycles. The fourth-order valence-corrected chi connectivity index (χ4v) is 3.42. The Morgan fingerprint density at radius 1 is 1.53 bits per heavy atom. The van der Waals surface area contributed by atoms with E-state index in [9.17, 15) is 9.90 Å². The highest BCUT2D eigenvalue weighted by Gasteiger charge is 2.23. The first kappa shape index (κ1) is 14.6. The third-order valence-electron chi connectivity index (χ3n) is 3.02. The lowest BCUT2D eigenvalue weighted by molar-refractivity contribution is -0.136. The number of aliphatic carboxylic acids is 1. The Morgan fingerprint density at radius 3 is 2.89 bits per heavy atom. The molecule has 1 aliphatic rings. The molecule has 0 saturated heterocycles. The molecule has 19 heavy (non-hydrogen) atoms. The molecule has 0 spiro atoms. The smallest absolute Gasteiger partial charge is 0.321 e. The highest BCUT2D eigenvalue weighted by Crippen LogP contribution is 2.38. The van der Waals surface area contributed by atoms with Crippen LogP contribution in [-0.4, -0.2) is 36.1 Å². The molecule has 2 rings (SSSR count). The van der Waals surface area contributed by atoms with Crippen LogP contribution in [0, 0.1) is 0 Å². The van der Waals surface area contributed by atoms with Gasteiger partial charge >= 0.3 is 5.97 Å². The molecular weight excluding hydrogens is 326 g/mol. The quantitative estimate of drug-likeness (QED) is 0.909. The monoisotopic (exact) mass is 341 g/mol. The molecular formula is C14H16BrNO2S. The van der Waals surface area contributed by atoms with E-state index in [0.29, 0.717) is 0 Å². The second kappa shape index (κ2) is 6.59. The molecule has 0 amide bonds. The zero-order chi connectivity index (χ0) is 13.8. The van der Waals surface area contributed by atoms with Gasteiger partial charge in [0.15, 0.2) is 0 Å². The maximum absolute atomic E-state index is 11.5. The van der Waals surface area contributed by atoms with Crippen LogP contribution in [0.1, 0.15) is 17.2 Å². The Bertz CT molecular complexity index is 504. The largest absolute Gasteiger partial charge is 0.480 e. The number of likely N-dealkylation sites (N-methyl/N-ethyl adjacent to an activating group) is 1. The average Bonchev–Trinajstić information content (AvgIpc) is 2.37. The van der Waals surface area contributed by atoms with E-state index in [1.807, 2.05) is 24.3 Å². The minimum Gasteiger partial charge on any atom is -0.480 e. The summed E-state index contributed by atoms with van der Waals surface area (Å²) in [6.07, 6.45) is 3.06. The van der Waals surface area contributed by atoms with Crippen LogP contribution in [0.4, 0.5) is 0 Å². The summed E-state index contributed by atoms with van der Waals surface area (Å²) >= 11 is 4.84. The molecule has 102 valence electrons. The Labute approximate surface area is 125 Å². The van der Waals surface area contributed by atoms with Crippen LogP contribution in [0.25, 0.3) is 0 Å². The van der Waals surface area contributed by atoms with Gasteiger partial charge in [-0.1, -0.05) is 34.1 Å². The van der Waals surface area contributed by atoms with Gasteiger partial charge in [-0.05, 0) is 36.1 Å². The first-order valence-corrected chi connectivity index (χ1v) is 7.76. The summed E-state index contributed by atoms with van der Waals surface area (Å²) in [5.74, 6) is -0.789. The maximum Gasteiger partial charge on any atom is 0.321 e. The van der Waals surface area contributed by atoms with E-state index in [1.165, 1.54) is 16.7 Å². The molecule has 0 radical (unpaired) electrons. The SMILES string of the molecule is CN1CC=C(SC(C(=O)O)c2cccc(Br)c2)CC1. The molecule has 1 unspecified atom stereocenters. The minimum absolute atomic E-state index is 0.535. The predicted molar refractivity (Wildman–Crippen MR) is 82.3 cm³/mol. The van der Waals surface area contributed by atoms with Crippen molar-refractivity contribution in [2.75, 3.05) is 20.1 Å². The summed E-state index contributed by atoms with van der Waals surface area (Å²) in [4.78, 5) is 14.9. The van der Waals surface area contributed by atoms with E-state index in [2.05, 4.69) is 34.0 Å². The van der Waals surface area contributed by atoms with Crippen LogP contribution in [0.2, 0.25) is 0 Å². The van der Waals surface area contributed by atoms with Gasteiger partial charge in [0, 0.05) is 17.6 Å². The lowest BCUT2D eigenvalue weighted by atomic mass is 10.1. The van der Waals surface area contributed by atoms with Crippen molar-refractivity contribution in [1.29, 1.82) is 0 Å². The van der Waals surface area contributed by atoms with Gasteiger partial charge in [-0.2, -0.15) is 0 Å². The van der Waals surface area contributed by atoms with Crippen LogP contribution in [0.15, 0.2) is 39.7 Å². The van der Waals surface area contributed by atoms with Crippen molar-refractivity contribution >= 4 is 33.7 Å². The van der Waals surface area contributed by atoms with E-state index < -0.39 is 11.2 Å². The standard InChI is InChI=1S/C14H16BrNO2S/c1-16-7-5-12(6-8-16)19-13(14(17)18)10-3-2-4-11(15)9-10/h2-5,9,13H,6-8H2,1H3,(H,17,18). The van der Waals surface area contributed by atoms with Crippen LogP contribution < -0.4 is 0 Å². The predicted octanol–water partition coefficient (Wildman–Crippen LogP) is 3.53. The number of carboxylic acid groups (broad SMARTS) is 1. The Balaban J connectivity index is 2.15. The van der Waals surface area contributed by atoms with E-state index in [4.69, 9.17) is 0 Å². The minimum atomic E-state index is -0.789. The Hall–Kier alpha value is -0.780. The van der Waals surface area contributed by atoms with Gasteiger partial charge in [0.25, 0.3) is 0 Å². The van der Waals surface area contributed by atoms with Crippen LogP contribution >= 0.6 is 27.7 Å². The van der Waals surface area contributed by atoms with Gasteiger partial charge in [-0.3, -0.25) is 4.79 Å². The third-order valence-corrected chi connectivity index (χ3v) is 4.89. The summed E-state index contributed by atoms with van der Waals surface area (Å²) in [6, 6.07) is 7.52. The number of carbonyl (C=O) groups is 1. The van der Waals surface area contributed by atoms with Crippen LogP contribution in [-0.2, 0) is 4.79 Å². The topological polar surface area (TPSA) is 40.5 Å². The molecule has 0 aliphatic carbocycles. The van der Waals surface area contributed by atoms with Crippen molar-refractivity contribution in [1.82, 2.24) is 4.90 Å². The lowest BCUT2D eigenvalue weighted by Crippen LogP contribution is -2.24. The van der Waals surface area contributed by atoms with Gasteiger partial charge in [0.1, 0.15) is 5.25 Å². The van der Waals surface area contributed by atoms with Gasteiger partial charge in [-0.25, -0.2) is 0 Å². The molecule has 1 N–H and O–H groups in total. The maximum atomic E-state index is 11.5. The summed E-state index contributed by atoms with van der Waals surface area (Å²) in [6.45, 7) is 1.89. The summed E-state index contributed by atoms with van der Waals surface area (Å²) in [5.41, 5.74) is 0.826. The number of benzene rings is 1. The zero-order valence-electron chi connectivity index (χ0n) is 10.7. The second-order valence-corrected chi connectivity index (χ2v) is 6.72. The van der Waals surface area contributed by atoms with Crippen molar-refractivity contribution in [3.8, 4) is 0 Å². The van der Waals surface area contributed by atoms with Crippen LogP contribution in [0.5, 0.6) is 0 Å². The van der Waals surface area contributed by atoms with Crippen molar-refractivity contribution in [2.45, 2.75) is 11.7 Å². The van der Waals surface area contributed by atoms with Gasteiger partial charge in [0.05, 0.1) is 0 Å². The molecule has 1 atom stereocenters. The molecule has 3 nitrogen and oxygen atoms in total. The fraction of sp³-hybridized carbons (Fsp3) is 0.357. The second-order valence-electron chi connectivity index (χ2n) is 4.57. The summed E-state index contributed by atoms with van der Waals surface area (Å²) in [5, 5.41) is 8.89. The van der Waals surface area contributed by atoms with Crippen molar-refractivity contribution in [3.05, 3.63) is 45.3 Å². The van der Waals surface area contributed by atoms with Crippen molar-refractivity contribution in [3.63, 3.8) is 0 Å². The first-order chi connectivity index (χ1) is 9.06. The molecule has 1 aliphatic heterocycles. The van der Waals surface area contributed by atoms with E-state index >= 15 is 0 Å². The number of hydrogen-bond donors (Lipinski definition) is 1. The number of rotatable bonds is 4. The molecule has 0 aromatic heterocycles. The van der Waals surface area contributed by atoms with Gasteiger partial charge in [-0.15, -0.1) is 11.8 Å². The number of nitrogens with zero attached hydrogens (tertiary/aromatic N) is 1. The van der Waals surface area contributed by atoms with Gasteiger partial charge in [0.2, 0.25) is 0 Å². The number of halogens is 1. The molecule has 0 fully saturated rings. The molecule has 0 bridgehead atoms.